The van der Waals surface area contributed by atoms with Crippen molar-refractivity contribution in [2.75, 3.05) is 18.3 Å². The zero-order valence-electron chi connectivity index (χ0n) is 18.2. The van der Waals surface area contributed by atoms with Crippen LogP contribution in [0, 0.1) is 0 Å². The molecule has 7 heteroatoms. The van der Waals surface area contributed by atoms with E-state index in [0.717, 1.165) is 24.3 Å². The first-order valence-corrected chi connectivity index (χ1v) is 12.3. The SMILES string of the molecule is CCCCCCCCOc1ccc(/C=C2\SC(=S)N(c3ccc4c(c3)OCO4)C2=O)cc1. The summed E-state index contributed by atoms with van der Waals surface area (Å²) in [6.07, 6.45) is 9.33. The summed E-state index contributed by atoms with van der Waals surface area (Å²) in [5.74, 6) is 2.01. The molecule has 2 heterocycles. The predicted molar refractivity (Wildman–Crippen MR) is 134 cm³/mol. The van der Waals surface area contributed by atoms with Gasteiger partial charge in [0, 0.05) is 6.07 Å². The largest absolute Gasteiger partial charge is 0.494 e. The molecule has 1 saturated heterocycles. The maximum absolute atomic E-state index is 13.0. The number of unbranched alkanes of at least 4 members (excludes halogenated alkanes) is 5. The van der Waals surface area contributed by atoms with Crippen LogP contribution in [-0.4, -0.2) is 23.6 Å². The van der Waals surface area contributed by atoms with Gasteiger partial charge in [0.1, 0.15) is 5.75 Å². The minimum absolute atomic E-state index is 0.137. The number of benzene rings is 2. The van der Waals surface area contributed by atoms with Crippen LogP contribution < -0.4 is 19.1 Å². The van der Waals surface area contributed by atoms with Gasteiger partial charge in [-0.2, -0.15) is 0 Å². The number of hydrogen-bond acceptors (Lipinski definition) is 6. The number of thiocarbonyl (C=S) groups is 1. The molecule has 0 unspecified atom stereocenters. The van der Waals surface area contributed by atoms with E-state index in [0.29, 0.717) is 26.4 Å². The lowest BCUT2D eigenvalue weighted by molar-refractivity contribution is -0.113. The van der Waals surface area contributed by atoms with Crippen molar-refractivity contribution in [3.63, 3.8) is 0 Å². The molecule has 0 spiro atoms. The molecule has 2 aromatic carbocycles. The number of hydrogen-bond donors (Lipinski definition) is 0. The fraction of sp³-hybridized carbons (Fsp3) is 0.360. The fourth-order valence-electron chi connectivity index (χ4n) is 3.60. The number of fused-ring (bicyclic) bond motifs is 1. The number of carbonyl (C=O) groups is 1. The molecule has 2 aliphatic rings. The van der Waals surface area contributed by atoms with E-state index >= 15 is 0 Å². The Bertz CT molecular complexity index is 1000. The zero-order valence-corrected chi connectivity index (χ0v) is 19.8. The van der Waals surface area contributed by atoms with Crippen LogP contribution in [0.3, 0.4) is 0 Å². The van der Waals surface area contributed by atoms with E-state index in [1.807, 2.05) is 36.4 Å². The summed E-state index contributed by atoms with van der Waals surface area (Å²) in [6, 6.07) is 13.2. The van der Waals surface area contributed by atoms with Gasteiger partial charge in [0.2, 0.25) is 6.79 Å². The summed E-state index contributed by atoms with van der Waals surface area (Å²) in [7, 11) is 0. The Labute approximate surface area is 198 Å². The van der Waals surface area contributed by atoms with Crippen LogP contribution in [0.1, 0.15) is 51.0 Å². The second kappa shape index (κ2) is 10.9. The number of rotatable bonds is 10. The Morgan fingerprint density at radius 2 is 1.78 bits per heavy atom. The van der Waals surface area contributed by atoms with Gasteiger partial charge in [-0.3, -0.25) is 9.69 Å². The fourth-order valence-corrected chi connectivity index (χ4v) is 4.90. The maximum atomic E-state index is 13.0. The molecule has 0 atom stereocenters. The first-order valence-electron chi connectivity index (χ1n) is 11.1. The summed E-state index contributed by atoms with van der Waals surface area (Å²) >= 11 is 6.77. The molecule has 2 aromatic rings. The Hall–Kier alpha value is -2.51. The van der Waals surface area contributed by atoms with E-state index in [1.54, 1.807) is 12.1 Å². The third-order valence-electron chi connectivity index (χ3n) is 5.35. The molecule has 0 aliphatic carbocycles. The van der Waals surface area contributed by atoms with Gasteiger partial charge in [-0.05, 0) is 42.3 Å². The van der Waals surface area contributed by atoms with Crippen LogP contribution in [0.5, 0.6) is 17.2 Å². The average molecular weight is 470 g/mol. The van der Waals surface area contributed by atoms with E-state index in [-0.39, 0.29) is 12.7 Å². The molecule has 4 rings (SSSR count). The standard InChI is InChI=1S/C25H27NO4S2/c1-2-3-4-5-6-7-14-28-20-11-8-18(9-12-20)15-23-24(27)26(25(31)32-23)19-10-13-21-22(16-19)30-17-29-21/h8-13,15-16H,2-7,14,17H2,1H3/b23-15-. The van der Waals surface area contributed by atoms with Crippen molar-refractivity contribution in [3.8, 4) is 17.2 Å². The second-order valence-corrected chi connectivity index (χ2v) is 9.42. The Kier molecular flexibility index (Phi) is 7.71. The Balaban J connectivity index is 1.34. The van der Waals surface area contributed by atoms with Gasteiger partial charge in [0.25, 0.3) is 5.91 Å². The van der Waals surface area contributed by atoms with Gasteiger partial charge >= 0.3 is 0 Å². The quantitative estimate of drug-likeness (QED) is 0.223. The summed E-state index contributed by atoms with van der Waals surface area (Å²) in [6.45, 7) is 3.16. The van der Waals surface area contributed by atoms with Crippen molar-refractivity contribution in [3.05, 3.63) is 52.9 Å². The van der Waals surface area contributed by atoms with Crippen molar-refractivity contribution >= 4 is 46.0 Å². The summed E-state index contributed by atoms with van der Waals surface area (Å²) < 4.78 is 17.1. The van der Waals surface area contributed by atoms with E-state index in [4.69, 9.17) is 26.4 Å². The van der Waals surface area contributed by atoms with Crippen molar-refractivity contribution in [1.29, 1.82) is 0 Å². The maximum Gasteiger partial charge on any atom is 0.270 e. The van der Waals surface area contributed by atoms with Crippen LogP contribution in [-0.2, 0) is 4.79 Å². The molecule has 0 saturated carbocycles. The van der Waals surface area contributed by atoms with Crippen molar-refractivity contribution in [1.82, 2.24) is 0 Å². The minimum Gasteiger partial charge on any atom is -0.494 e. The van der Waals surface area contributed by atoms with E-state index in [2.05, 4.69) is 6.92 Å². The van der Waals surface area contributed by atoms with Gasteiger partial charge in [0.05, 0.1) is 17.2 Å². The molecule has 32 heavy (non-hydrogen) atoms. The first-order chi connectivity index (χ1) is 15.7. The van der Waals surface area contributed by atoms with Crippen molar-refractivity contribution in [2.45, 2.75) is 45.4 Å². The molecule has 0 aromatic heterocycles. The molecule has 1 amide bonds. The number of ether oxygens (including phenoxy) is 3. The number of carbonyl (C=O) groups excluding carboxylic acids is 1. The third kappa shape index (κ3) is 5.45. The average Bonchev–Trinajstić information content (AvgIpc) is 3.37. The number of anilines is 1. The van der Waals surface area contributed by atoms with Crippen LogP contribution >= 0.6 is 24.0 Å². The van der Waals surface area contributed by atoms with Crippen molar-refractivity contribution < 1.29 is 19.0 Å². The summed E-state index contributed by atoms with van der Waals surface area (Å²) in [5, 5.41) is 0. The van der Waals surface area contributed by atoms with Gasteiger partial charge in [0.15, 0.2) is 15.8 Å². The number of amides is 1. The monoisotopic (exact) mass is 469 g/mol. The second-order valence-electron chi connectivity index (χ2n) is 7.74. The highest BCUT2D eigenvalue weighted by Crippen LogP contribution is 2.40. The lowest BCUT2D eigenvalue weighted by atomic mass is 10.1. The summed E-state index contributed by atoms with van der Waals surface area (Å²) in [4.78, 5) is 15.1. The lowest BCUT2D eigenvalue weighted by Crippen LogP contribution is -2.27. The topological polar surface area (TPSA) is 48.0 Å². The molecule has 0 N–H and O–H groups in total. The third-order valence-corrected chi connectivity index (χ3v) is 6.65. The van der Waals surface area contributed by atoms with E-state index in [9.17, 15) is 4.79 Å². The van der Waals surface area contributed by atoms with Crippen LogP contribution in [0.4, 0.5) is 5.69 Å². The smallest absolute Gasteiger partial charge is 0.270 e. The van der Waals surface area contributed by atoms with Crippen LogP contribution in [0.25, 0.3) is 6.08 Å². The molecule has 2 aliphatic heterocycles. The van der Waals surface area contributed by atoms with Gasteiger partial charge < -0.3 is 14.2 Å². The summed E-state index contributed by atoms with van der Waals surface area (Å²) in [5.41, 5.74) is 1.61. The molecule has 168 valence electrons. The molecule has 0 bridgehead atoms. The van der Waals surface area contributed by atoms with Crippen molar-refractivity contribution in [2.24, 2.45) is 0 Å². The lowest BCUT2D eigenvalue weighted by Gasteiger charge is -2.14. The van der Waals surface area contributed by atoms with Gasteiger partial charge in [-0.15, -0.1) is 0 Å². The number of nitrogens with zero attached hydrogens (tertiary/aromatic N) is 1. The van der Waals surface area contributed by atoms with E-state index < -0.39 is 0 Å². The molecule has 0 radical (unpaired) electrons. The highest BCUT2D eigenvalue weighted by Gasteiger charge is 2.34. The predicted octanol–water partition coefficient (Wildman–Crippen LogP) is 6.56. The van der Waals surface area contributed by atoms with Crippen LogP contribution in [0.15, 0.2) is 47.4 Å². The molecule has 1 fully saturated rings. The zero-order chi connectivity index (χ0) is 22.3. The normalized spacial score (nSPS) is 16.3. The molecular formula is C25H27NO4S2. The van der Waals surface area contributed by atoms with Gasteiger partial charge in [-0.1, -0.05) is 75.1 Å². The van der Waals surface area contributed by atoms with Crippen LogP contribution in [0.2, 0.25) is 0 Å². The first kappa shape index (κ1) is 22.7. The molecule has 5 nitrogen and oxygen atoms in total. The molecular weight excluding hydrogens is 442 g/mol. The number of thioether (sulfide) groups is 1. The highest BCUT2D eigenvalue weighted by molar-refractivity contribution is 8.27. The Morgan fingerprint density at radius 3 is 2.59 bits per heavy atom. The Morgan fingerprint density at radius 1 is 1.03 bits per heavy atom. The minimum atomic E-state index is -0.137. The van der Waals surface area contributed by atoms with Gasteiger partial charge in [-0.25, -0.2) is 0 Å². The van der Waals surface area contributed by atoms with E-state index in [1.165, 1.54) is 48.8 Å². The highest BCUT2D eigenvalue weighted by atomic mass is 32.2.